The molecular formula is C27H28N2O5S2. The van der Waals surface area contributed by atoms with Gasteiger partial charge in [0.2, 0.25) is 6.79 Å². The molecule has 0 fully saturated rings. The third-order valence-corrected chi connectivity index (χ3v) is 7.79. The number of amides is 2. The van der Waals surface area contributed by atoms with Gasteiger partial charge in [0.25, 0.3) is 0 Å². The van der Waals surface area contributed by atoms with Gasteiger partial charge in [0, 0.05) is 28.2 Å². The second-order valence-electron chi connectivity index (χ2n) is 8.20. The number of carbonyl (C=O) groups is 2. The summed E-state index contributed by atoms with van der Waals surface area (Å²) in [4.78, 5) is 25.7. The zero-order valence-corrected chi connectivity index (χ0v) is 21.2. The Hall–Kier alpha value is -3.30. The monoisotopic (exact) mass is 524 g/mol. The summed E-state index contributed by atoms with van der Waals surface area (Å²) in [6.45, 7) is 0.123. The zero-order chi connectivity index (χ0) is 25.2. The first kappa shape index (κ1) is 25.8. The number of thioether (sulfide) groups is 2. The van der Waals surface area contributed by atoms with Gasteiger partial charge in [0.1, 0.15) is 0 Å². The van der Waals surface area contributed by atoms with Gasteiger partial charge < -0.3 is 25.2 Å². The number of carboxylic acids is 1. The Kier molecular flexibility index (Phi) is 9.40. The molecule has 9 heteroatoms. The number of hydrogen-bond acceptors (Lipinski definition) is 6. The van der Waals surface area contributed by atoms with Crippen LogP contribution in [0.5, 0.6) is 11.5 Å². The van der Waals surface area contributed by atoms with Crippen LogP contribution in [0.15, 0.2) is 83.8 Å². The van der Waals surface area contributed by atoms with Crippen LogP contribution in [0.2, 0.25) is 0 Å². The van der Waals surface area contributed by atoms with Crippen molar-refractivity contribution in [3.63, 3.8) is 0 Å². The Morgan fingerprint density at radius 1 is 0.889 bits per heavy atom. The number of carboxylic acid groups (broad SMARTS) is 1. The molecule has 3 N–H and O–H groups in total. The van der Waals surface area contributed by atoms with E-state index in [0.29, 0.717) is 22.8 Å². The summed E-state index contributed by atoms with van der Waals surface area (Å²) < 4.78 is 10.8. The maximum atomic E-state index is 13.0. The molecule has 0 spiro atoms. The number of nitrogens with one attached hydrogen (secondary N) is 2. The molecule has 0 radical (unpaired) electrons. The van der Waals surface area contributed by atoms with E-state index in [1.165, 1.54) is 5.56 Å². The summed E-state index contributed by atoms with van der Waals surface area (Å²) in [6.07, 6.45) is -0.251. The van der Waals surface area contributed by atoms with Crippen molar-refractivity contribution in [2.75, 3.05) is 18.3 Å². The summed E-state index contributed by atoms with van der Waals surface area (Å²) in [5, 5.41) is 15.3. The standard InChI is InChI=1S/C27H28N2O5S2/c30-26(31)14-23(20-11-12-24-25(13-20)34-18-33-24)29-27(32)28-21(17-36-22-9-5-2-6-10-22)16-35-15-19-7-3-1-4-8-19/h1-13,21,23H,14-18H2,(H,30,31)(H2,28,29,32)/t21-,23-/m0/s1. The maximum absolute atomic E-state index is 13.0. The minimum Gasteiger partial charge on any atom is -0.481 e. The molecule has 1 heterocycles. The first-order chi connectivity index (χ1) is 17.6. The van der Waals surface area contributed by atoms with Crippen molar-refractivity contribution >= 4 is 35.5 Å². The van der Waals surface area contributed by atoms with Crippen LogP contribution in [0.25, 0.3) is 0 Å². The number of benzene rings is 3. The predicted octanol–water partition coefficient (Wildman–Crippen LogP) is 5.32. The number of carbonyl (C=O) groups excluding carboxylic acids is 1. The van der Waals surface area contributed by atoms with Gasteiger partial charge in [-0.25, -0.2) is 4.79 Å². The van der Waals surface area contributed by atoms with Crippen molar-refractivity contribution in [1.82, 2.24) is 10.6 Å². The largest absolute Gasteiger partial charge is 0.481 e. The van der Waals surface area contributed by atoms with Gasteiger partial charge in [-0.1, -0.05) is 54.6 Å². The highest BCUT2D eigenvalue weighted by atomic mass is 32.2. The van der Waals surface area contributed by atoms with Crippen molar-refractivity contribution in [2.45, 2.75) is 29.2 Å². The third-order valence-electron chi connectivity index (χ3n) is 5.44. The van der Waals surface area contributed by atoms with Gasteiger partial charge in [0.05, 0.1) is 12.5 Å². The minimum absolute atomic E-state index is 0.119. The molecule has 1 aliphatic rings. The molecule has 0 aliphatic carbocycles. The van der Waals surface area contributed by atoms with E-state index >= 15 is 0 Å². The Bertz CT molecular complexity index is 1150. The quantitative estimate of drug-likeness (QED) is 0.276. The van der Waals surface area contributed by atoms with E-state index in [-0.39, 0.29) is 19.3 Å². The fourth-order valence-electron chi connectivity index (χ4n) is 3.68. The van der Waals surface area contributed by atoms with Gasteiger partial charge >= 0.3 is 12.0 Å². The smallest absolute Gasteiger partial charge is 0.315 e. The molecule has 0 saturated heterocycles. The lowest BCUT2D eigenvalue weighted by Crippen LogP contribution is -2.46. The number of urea groups is 1. The van der Waals surface area contributed by atoms with E-state index < -0.39 is 18.0 Å². The van der Waals surface area contributed by atoms with E-state index in [2.05, 4.69) is 22.8 Å². The summed E-state index contributed by atoms with van der Waals surface area (Å²) in [5.74, 6) is 2.38. The highest BCUT2D eigenvalue weighted by Gasteiger charge is 2.23. The highest BCUT2D eigenvalue weighted by Crippen LogP contribution is 2.34. The molecule has 0 unspecified atom stereocenters. The molecule has 188 valence electrons. The minimum atomic E-state index is -1.01. The van der Waals surface area contributed by atoms with Crippen molar-refractivity contribution in [3.8, 4) is 11.5 Å². The molecular weight excluding hydrogens is 496 g/mol. The molecule has 3 aromatic carbocycles. The topological polar surface area (TPSA) is 96.9 Å². The fraction of sp³-hybridized carbons (Fsp3) is 0.259. The summed E-state index contributed by atoms with van der Waals surface area (Å²) in [7, 11) is 0. The average Bonchev–Trinajstić information content (AvgIpc) is 3.36. The molecule has 0 saturated carbocycles. The number of aliphatic carboxylic acids is 1. The molecule has 3 aromatic rings. The lowest BCUT2D eigenvalue weighted by Gasteiger charge is -2.22. The van der Waals surface area contributed by atoms with Crippen molar-refractivity contribution in [3.05, 3.63) is 90.0 Å². The second kappa shape index (κ2) is 13.1. The molecule has 7 nitrogen and oxygen atoms in total. The summed E-state index contributed by atoms with van der Waals surface area (Å²) in [6, 6.07) is 24.2. The van der Waals surface area contributed by atoms with Crippen LogP contribution in [0.3, 0.4) is 0 Å². The molecule has 4 rings (SSSR count). The van der Waals surface area contributed by atoms with Crippen LogP contribution in [0.4, 0.5) is 4.79 Å². The van der Waals surface area contributed by atoms with Gasteiger partial charge in [-0.05, 0) is 35.4 Å². The Morgan fingerprint density at radius 3 is 2.36 bits per heavy atom. The molecule has 0 bridgehead atoms. The first-order valence-electron chi connectivity index (χ1n) is 11.5. The van der Waals surface area contributed by atoms with Crippen LogP contribution in [-0.2, 0) is 10.5 Å². The second-order valence-corrected chi connectivity index (χ2v) is 10.3. The van der Waals surface area contributed by atoms with Crippen molar-refractivity contribution in [2.24, 2.45) is 0 Å². The molecule has 36 heavy (non-hydrogen) atoms. The van der Waals surface area contributed by atoms with Crippen LogP contribution in [0, 0.1) is 0 Å². The van der Waals surface area contributed by atoms with Gasteiger partial charge in [-0.15, -0.1) is 11.8 Å². The molecule has 2 atom stereocenters. The van der Waals surface area contributed by atoms with Gasteiger partial charge in [-0.3, -0.25) is 4.79 Å². The summed E-state index contributed by atoms with van der Waals surface area (Å²) in [5.41, 5.74) is 1.87. The normalized spacial score (nSPS) is 13.6. The van der Waals surface area contributed by atoms with Crippen LogP contribution < -0.4 is 20.1 Å². The van der Waals surface area contributed by atoms with Crippen molar-refractivity contribution in [1.29, 1.82) is 0 Å². The number of ether oxygens (including phenoxy) is 2. The van der Waals surface area contributed by atoms with Crippen LogP contribution in [-0.4, -0.2) is 41.4 Å². The highest BCUT2D eigenvalue weighted by molar-refractivity contribution is 8.00. The molecule has 0 aromatic heterocycles. The Balaban J connectivity index is 1.39. The van der Waals surface area contributed by atoms with Gasteiger partial charge in [0.15, 0.2) is 11.5 Å². The predicted molar refractivity (Wildman–Crippen MR) is 143 cm³/mol. The third kappa shape index (κ3) is 7.86. The van der Waals surface area contributed by atoms with E-state index in [0.717, 1.165) is 16.4 Å². The molecule has 2 amide bonds. The Morgan fingerprint density at radius 2 is 1.61 bits per heavy atom. The van der Waals surface area contributed by atoms with E-state index in [9.17, 15) is 14.7 Å². The number of rotatable bonds is 12. The van der Waals surface area contributed by atoms with Crippen LogP contribution >= 0.6 is 23.5 Å². The van der Waals surface area contributed by atoms with Crippen molar-refractivity contribution < 1.29 is 24.2 Å². The summed E-state index contributed by atoms with van der Waals surface area (Å²) >= 11 is 3.43. The number of hydrogen-bond donors (Lipinski definition) is 3. The fourth-order valence-corrected chi connectivity index (χ4v) is 5.81. The zero-order valence-electron chi connectivity index (χ0n) is 19.6. The van der Waals surface area contributed by atoms with E-state index in [1.807, 2.05) is 48.5 Å². The average molecular weight is 525 g/mol. The lowest BCUT2D eigenvalue weighted by atomic mass is 10.0. The van der Waals surface area contributed by atoms with Crippen LogP contribution in [0.1, 0.15) is 23.6 Å². The maximum Gasteiger partial charge on any atom is 0.315 e. The molecule has 1 aliphatic heterocycles. The number of fused-ring (bicyclic) bond motifs is 1. The Labute approximate surface area is 219 Å². The van der Waals surface area contributed by atoms with E-state index in [1.54, 1.807) is 41.7 Å². The lowest BCUT2D eigenvalue weighted by molar-refractivity contribution is -0.137. The SMILES string of the molecule is O=C(O)C[C@H](NC(=O)N[C@@H](CSCc1ccccc1)CSc1ccccc1)c1ccc2c(c1)OCO2. The van der Waals surface area contributed by atoms with E-state index in [4.69, 9.17) is 9.47 Å². The first-order valence-corrected chi connectivity index (χ1v) is 13.7. The van der Waals surface area contributed by atoms with Gasteiger partial charge in [-0.2, -0.15) is 11.8 Å².